The number of nitrogens with one attached hydrogen (secondary N) is 1. The van der Waals surface area contributed by atoms with Crippen LogP contribution in [0.15, 0.2) is 0 Å². The highest BCUT2D eigenvalue weighted by molar-refractivity contribution is 5.85. The molecule has 0 aromatic heterocycles. The van der Waals surface area contributed by atoms with Gasteiger partial charge in [0.15, 0.2) is 0 Å². The van der Waals surface area contributed by atoms with E-state index in [9.17, 15) is 9.59 Å². The quantitative estimate of drug-likeness (QED) is 0.739. The van der Waals surface area contributed by atoms with Gasteiger partial charge in [-0.3, -0.25) is 4.79 Å². The van der Waals surface area contributed by atoms with E-state index in [1.54, 1.807) is 0 Å². The van der Waals surface area contributed by atoms with Crippen molar-refractivity contribution in [2.24, 2.45) is 5.41 Å². The summed E-state index contributed by atoms with van der Waals surface area (Å²) in [5, 5.41) is 2.96. The summed E-state index contributed by atoms with van der Waals surface area (Å²) in [5.41, 5.74) is -0.680. The first-order chi connectivity index (χ1) is 9.31. The standard InChI is InChI=1S/C15H24N2O3/c1-14(2,3)20-13(19)17-10-4-5-11(17)9-15(8-10)6-7-16-12(15)18/h10-11H,4-9H2,1-3H3,(H,16,18)/t10-,11+,15?. The predicted molar refractivity (Wildman–Crippen MR) is 74.2 cm³/mol. The van der Waals surface area contributed by atoms with Crippen molar-refractivity contribution < 1.29 is 14.3 Å². The minimum absolute atomic E-state index is 0.174. The molecule has 3 saturated heterocycles. The van der Waals surface area contributed by atoms with Gasteiger partial charge in [0.05, 0.1) is 5.41 Å². The second-order valence-electron chi connectivity index (χ2n) is 7.47. The second-order valence-corrected chi connectivity index (χ2v) is 7.47. The Morgan fingerprint density at radius 1 is 1.30 bits per heavy atom. The minimum atomic E-state index is -0.462. The van der Waals surface area contributed by atoms with E-state index in [4.69, 9.17) is 4.74 Å². The van der Waals surface area contributed by atoms with Crippen LogP contribution in [0.1, 0.15) is 52.9 Å². The molecule has 5 nitrogen and oxygen atoms in total. The number of carbonyl (C=O) groups excluding carboxylic acids is 2. The molecule has 112 valence electrons. The molecule has 1 spiro atoms. The third kappa shape index (κ3) is 2.17. The molecule has 2 amide bonds. The lowest BCUT2D eigenvalue weighted by Crippen LogP contribution is -2.53. The van der Waals surface area contributed by atoms with Crippen molar-refractivity contribution >= 4 is 12.0 Å². The van der Waals surface area contributed by atoms with Crippen molar-refractivity contribution in [1.82, 2.24) is 10.2 Å². The zero-order valence-electron chi connectivity index (χ0n) is 12.6. The highest BCUT2D eigenvalue weighted by Crippen LogP contribution is 2.49. The number of piperidine rings is 1. The first-order valence-corrected chi connectivity index (χ1v) is 7.60. The Balaban J connectivity index is 1.75. The van der Waals surface area contributed by atoms with Gasteiger partial charge in [0.1, 0.15) is 5.60 Å². The van der Waals surface area contributed by atoms with Crippen LogP contribution in [0.5, 0.6) is 0 Å². The van der Waals surface area contributed by atoms with Gasteiger partial charge in [0.2, 0.25) is 5.91 Å². The lowest BCUT2D eigenvalue weighted by atomic mass is 9.74. The number of amides is 2. The maximum absolute atomic E-state index is 12.4. The number of rotatable bonds is 0. The molecule has 20 heavy (non-hydrogen) atoms. The van der Waals surface area contributed by atoms with Gasteiger partial charge in [0, 0.05) is 18.6 Å². The summed E-state index contributed by atoms with van der Waals surface area (Å²) in [4.78, 5) is 26.4. The zero-order chi connectivity index (χ0) is 14.5. The molecule has 0 aromatic carbocycles. The van der Waals surface area contributed by atoms with Crippen LogP contribution in [0.4, 0.5) is 4.79 Å². The maximum atomic E-state index is 12.4. The van der Waals surface area contributed by atoms with E-state index in [-0.39, 0.29) is 29.5 Å². The summed E-state index contributed by atoms with van der Waals surface area (Å²) >= 11 is 0. The van der Waals surface area contributed by atoms with Gasteiger partial charge in [-0.1, -0.05) is 0 Å². The van der Waals surface area contributed by atoms with Crippen LogP contribution in [0, 0.1) is 5.41 Å². The van der Waals surface area contributed by atoms with Crippen LogP contribution in [-0.2, 0) is 9.53 Å². The van der Waals surface area contributed by atoms with Gasteiger partial charge in [-0.05, 0) is 52.9 Å². The van der Waals surface area contributed by atoms with Crippen LogP contribution in [-0.4, -0.2) is 41.1 Å². The van der Waals surface area contributed by atoms with E-state index in [0.29, 0.717) is 0 Å². The van der Waals surface area contributed by atoms with Crippen molar-refractivity contribution in [3.05, 3.63) is 0 Å². The average Bonchev–Trinajstić information content (AvgIpc) is 2.78. The van der Waals surface area contributed by atoms with Crippen molar-refractivity contribution in [1.29, 1.82) is 0 Å². The fourth-order valence-electron chi connectivity index (χ4n) is 4.07. The summed E-state index contributed by atoms with van der Waals surface area (Å²) in [6.07, 6.45) is 4.31. The largest absolute Gasteiger partial charge is 0.444 e. The number of carbonyl (C=O) groups is 2. The summed E-state index contributed by atoms with van der Waals surface area (Å²) < 4.78 is 5.52. The van der Waals surface area contributed by atoms with Gasteiger partial charge in [-0.25, -0.2) is 4.79 Å². The molecule has 1 N–H and O–H groups in total. The van der Waals surface area contributed by atoms with E-state index in [1.807, 2.05) is 25.7 Å². The minimum Gasteiger partial charge on any atom is -0.444 e. The van der Waals surface area contributed by atoms with E-state index in [1.165, 1.54) is 0 Å². The van der Waals surface area contributed by atoms with Gasteiger partial charge in [0.25, 0.3) is 0 Å². The highest BCUT2D eigenvalue weighted by Gasteiger charge is 2.55. The maximum Gasteiger partial charge on any atom is 0.410 e. The van der Waals surface area contributed by atoms with Crippen LogP contribution in [0.25, 0.3) is 0 Å². The second kappa shape index (κ2) is 4.37. The molecular formula is C15H24N2O3. The molecule has 0 aliphatic carbocycles. The fraction of sp³-hybridized carbons (Fsp3) is 0.867. The fourth-order valence-corrected chi connectivity index (χ4v) is 4.07. The average molecular weight is 280 g/mol. The van der Waals surface area contributed by atoms with Gasteiger partial charge in [-0.15, -0.1) is 0 Å². The van der Waals surface area contributed by atoms with E-state index < -0.39 is 5.60 Å². The summed E-state index contributed by atoms with van der Waals surface area (Å²) in [7, 11) is 0. The van der Waals surface area contributed by atoms with Crippen molar-refractivity contribution in [2.45, 2.75) is 70.6 Å². The van der Waals surface area contributed by atoms with Crippen molar-refractivity contribution in [3.63, 3.8) is 0 Å². The highest BCUT2D eigenvalue weighted by atomic mass is 16.6. The molecule has 3 atom stereocenters. The Hall–Kier alpha value is -1.26. The number of nitrogens with zero attached hydrogens (tertiary/aromatic N) is 1. The molecule has 5 heteroatoms. The van der Waals surface area contributed by atoms with Crippen molar-refractivity contribution in [2.75, 3.05) is 6.54 Å². The van der Waals surface area contributed by atoms with Crippen molar-refractivity contribution in [3.8, 4) is 0 Å². The predicted octanol–water partition coefficient (Wildman–Crippen LogP) is 2.05. The Morgan fingerprint density at radius 2 is 1.90 bits per heavy atom. The molecule has 3 rings (SSSR count). The first kappa shape index (κ1) is 13.7. The van der Waals surface area contributed by atoms with Crippen LogP contribution < -0.4 is 5.32 Å². The molecule has 3 heterocycles. The first-order valence-electron chi connectivity index (χ1n) is 7.60. The normalized spacial score (nSPS) is 36.4. The van der Waals surface area contributed by atoms with Gasteiger partial charge in [-0.2, -0.15) is 0 Å². The SMILES string of the molecule is CC(C)(C)OC(=O)N1[C@@H]2CC[C@H]1CC1(CCNC1=O)C2. The van der Waals surface area contributed by atoms with E-state index in [0.717, 1.165) is 38.6 Å². The van der Waals surface area contributed by atoms with Gasteiger partial charge < -0.3 is 15.0 Å². The smallest absolute Gasteiger partial charge is 0.410 e. The molecular weight excluding hydrogens is 256 g/mol. The number of hydrogen-bond donors (Lipinski definition) is 1. The number of ether oxygens (including phenoxy) is 1. The lowest BCUT2D eigenvalue weighted by molar-refractivity contribution is -0.131. The topological polar surface area (TPSA) is 58.6 Å². The van der Waals surface area contributed by atoms with E-state index >= 15 is 0 Å². The van der Waals surface area contributed by atoms with E-state index in [2.05, 4.69) is 5.32 Å². The monoisotopic (exact) mass is 280 g/mol. The molecule has 3 fully saturated rings. The molecule has 3 aliphatic rings. The Kier molecular flexibility index (Phi) is 2.99. The molecule has 2 bridgehead atoms. The Labute approximate surface area is 120 Å². The van der Waals surface area contributed by atoms with Crippen LogP contribution in [0.3, 0.4) is 0 Å². The Morgan fingerprint density at radius 3 is 2.35 bits per heavy atom. The van der Waals surface area contributed by atoms with Crippen LogP contribution >= 0.6 is 0 Å². The summed E-state index contributed by atoms with van der Waals surface area (Å²) in [6.45, 7) is 6.46. The molecule has 3 aliphatic heterocycles. The summed E-state index contributed by atoms with van der Waals surface area (Å²) in [6, 6.07) is 0.347. The third-order valence-electron chi connectivity index (χ3n) is 4.85. The molecule has 0 radical (unpaired) electrons. The molecule has 1 unspecified atom stereocenters. The van der Waals surface area contributed by atoms with Crippen LogP contribution in [0.2, 0.25) is 0 Å². The summed E-state index contributed by atoms with van der Waals surface area (Å²) in [5.74, 6) is 0.193. The third-order valence-corrected chi connectivity index (χ3v) is 4.85. The lowest BCUT2D eigenvalue weighted by Gasteiger charge is -2.43. The number of fused-ring (bicyclic) bond motifs is 2. The molecule has 0 aromatic rings. The van der Waals surface area contributed by atoms with Gasteiger partial charge >= 0.3 is 6.09 Å². The number of hydrogen-bond acceptors (Lipinski definition) is 3. The Bertz CT molecular complexity index is 427. The zero-order valence-corrected chi connectivity index (χ0v) is 12.6. The molecule has 0 saturated carbocycles.